The first-order chi connectivity index (χ1) is 8.84. The lowest BCUT2D eigenvalue weighted by Crippen LogP contribution is -2.16. The van der Waals surface area contributed by atoms with Crippen LogP contribution in [0.15, 0.2) is 24.3 Å². The normalized spacial score (nSPS) is 25.8. The number of carbonyl (C=O) groups is 1. The number of ether oxygens (including phenoxy) is 2. The van der Waals surface area contributed by atoms with Gasteiger partial charge in [-0.05, 0) is 25.3 Å². The summed E-state index contributed by atoms with van der Waals surface area (Å²) in [6.45, 7) is 1.36. The maximum Gasteiger partial charge on any atom is 0.144 e. The topological polar surface area (TPSA) is 35.5 Å². The number of rotatable bonds is 4. The quantitative estimate of drug-likeness (QED) is 0.819. The van der Waals surface area contributed by atoms with Crippen LogP contribution >= 0.6 is 0 Å². The van der Waals surface area contributed by atoms with Crippen molar-refractivity contribution in [2.75, 3.05) is 13.2 Å². The van der Waals surface area contributed by atoms with Gasteiger partial charge in [-0.15, -0.1) is 0 Å². The molecule has 0 aliphatic carbocycles. The van der Waals surface area contributed by atoms with Gasteiger partial charge >= 0.3 is 0 Å². The molecule has 0 N–H and O–H groups in total. The van der Waals surface area contributed by atoms with Crippen LogP contribution in [-0.2, 0) is 9.53 Å². The standard InChI is InChI=1S/C15H18O3/c16-14(8-7-11-4-3-9-17-11)13-10-18-15-6-2-1-5-12(13)15/h1-2,5-6,11,13H,3-4,7-10H2. The van der Waals surface area contributed by atoms with Crippen molar-refractivity contribution in [1.82, 2.24) is 0 Å². The molecule has 0 radical (unpaired) electrons. The molecule has 3 rings (SSSR count). The van der Waals surface area contributed by atoms with E-state index in [-0.39, 0.29) is 11.7 Å². The summed E-state index contributed by atoms with van der Waals surface area (Å²) >= 11 is 0. The van der Waals surface area contributed by atoms with E-state index in [2.05, 4.69) is 0 Å². The molecule has 3 nitrogen and oxygen atoms in total. The van der Waals surface area contributed by atoms with E-state index >= 15 is 0 Å². The number of hydrogen-bond donors (Lipinski definition) is 0. The average Bonchev–Trinajstić information content (AvgIpc) is 3.05. The fraction of sp³-hybridized carbons (Fsp3) is 0.533. The second-order valence-electron chi connectivity index (χ2n) is 5.04. The van der Waals surface area contributed by atoms with Crippen molar-refractivity contribution in [1.29, 1.82) is 0 Å². The SMILES string of the molecule is O=C(CCC1CCCO1)C1COc2ccccc21. The Morgan fingerprint density at radius 2 is 2.22 bits per heavy atom. The van der Waals surface area contributed by atoms with E-state index in [0.29, 0.717) is 19.1 Å². The first-order valence-corrected chi connectivity index (χ1v) is 6.70. The van der Waals surface area contributed by atoms with Crippen LogP contribution in [-0.4, -0.2) is 25.1 Å². The lowest BCUT2D eigenvalue weighted by atomic mass is 9.93. The number of benzene rings is 1. The maximum atomic E-state index is 12.2. The van der Waals surface area contributed by atoms with Crippen molar-refractivity contribution < 1.29 is 14.3 Å². The molecule has 18 heavy (non-hydrogen) atoms. The summed E-state index contributed by atoms with van der Waals surface area (Å²) in [5, 5.41) is 0. The molecule has 3 heteroatoms. The van der Waals surface area contributed by atoms with Crippen molar-refractivity contribution in [3.05, 3.63) is 29.8 Å². The second kappa shape index (κ2) is 5.11. The number of carbonyl (C=O) groups excluding carboxylic acids is 1. The van der Waals surface area contributed by atoms with Gasteiger partial charge in [0.2, 0.25) is 0 Å². The Hall–Kier alpha value is -1.35. The van der Waals surface area contributed by atoms with Gasteiger partial charge in [-0.2, -0.15) is 0 Å². The van der Waals surface area contributed by atoms with Crippen LogP contribution in [0.2, 0.25) is 0 Å². The van der Waals surface area contributed by atoms with Crippen molar-refractivity contribution in [2.24, 2.45) is 0 Å². The molecule has 96 valence electrons. The summed E-state index contributed by atoms with van der Waals surface area (Å²) in [5.41, 5.74) is 1.05. The van der Waals surface area contributed by atoms with Crippen LogP contribution < -0.4 is 4.74 Å². The zero-order valence-corrected chi connectivity index (χ0v) is 10.4. The van der Waals surface area contributed by atoms with Gasteiger partial charge in [-0.25, -0.2) is 0 Å². The largest absolute Gasteiger partial charge is 0.492 e. The molecule has 0 aromatic heterocycles. The smallest absolute Gasteiger partial charge is 0.144 e. The van der Waals surface area contributed by atoms with E-state index in [1.54, 1.807) is 0 Å². The van der Waals surface area contributed by atoms with E-state index in [0.717, 1.165) is 37.2 Å². The monoisotopic (exact) mass is 246 g/mol. The predicted octanol–water partition coefficient (Wildman–Crippen LogP) is 2.69. The maximum absolute atomic E-state index is 12.2. The van der Waals surface area contributed by atoms with Crippen LogP contribution in [0, 0.1) is 0 Å². The van der Waals surface area contributed by atoms with Gasteiger partial charge in [0, 0.05) is 18.6 Å². The fourth-order valence-corrected chi connectivity index (χ4v) is 2.78. The van der Waals surface area contributed by atoms with Gasteiger partial charge in [-0.1, -0.05) is 18.2 Å². The molecule has 1 saturated heterocycles. The average molecular weight is 246 g/mol. The molecule has 2 atom stereocenters. The Bertz CT molecular complexity index is 435. The van der Waals surface area contributed by atoms with Gasteiger partial charge in [0.05, 0.1) is 12.0 Å². The molecule has 0 spiro atoms. The predicted molar refractivity (Wildman–Crippen MR) is 67.9 cm³/mol. The highest BCUT2D eigenvalue weighted by Crippen LogP contribution is 2.35. The van der Waals surface area contributed by atoms with Crippen LogP contribution in [0.5, 0.6) is 5.75 Å². The highest BCUT2D eigenvalue weighted by molar-refractivity contribution is 5.87. The van der Waals surface area contributed by atoms with Crippen molar-refractivity contribution in [3.8, 4) is 5.75 Å². The molecule has 0 bridgehead atoms. The number of Topliss-reactive ketones (excluding diaryl/α,β-unsaturated/α-hetero) is 1. The summed E-state index contributed by atoms with van der Waals surface area (Å²) in [7, 11) is 0. The van der Waals surface area contributed by atoms with Crippen LogP contribution in [0.25, 0.3) is 0 Å². The molecule has 1 aromatic rings. The minimum absolute atomic E-state index is 0.0670. The van der Waals surface area contributed by atoms with Gasteiger partial charge < -0.3 is 9.47 Å². The summed E-state index contributed by atoms with van der Waals surface area (Å²) in [6.07, 6.45) is 4.00. The Morgan fingerprint density at radius 3 is 3.06 bits per heavy atom. The molecule has 2 aliphatic rings. The zero-order valence-electron chi connectivity index (χ0n) is 10.4. The molecule has 1 fully saturated rings. The molecule has 2 aliphatic heterocycles. The Morgan fingerprint density at radius 1 is 1.33 bits per heavy atom. The minimum atomic E-state index is -0.0670. The molecule has 2 unspecified atom stereocenters. The minimum Gasteiger partial charge on any atom is -0.492 e. The highest BCUT2D eigenvalue weighted by atomic mass is 16.5. The third-order valence-electron chi connectivity index (χ3n) is 3.83. The summed E-state index contributed by atoms with van der Waals surface area (Å²) < 4.78 is 11.1. The fourth-order valence-electron chi connectivity index (χ4n) is 2.78. The third-order valence-corrected chi connectivity index (χ3v) is 3.83. The third kappa shape index (κ3) is 2.27. The summed E-state index contributed by atoms with van der Waals surface area (Å²) in [6, 6.07) is 7.84. The second-order valence-corrected chi connectivity index (χ2v) is 5.04. The Balaban J connectivity index is 1.60. The van der Waals surface area contributed by atoms with Crippen LogP contribution in [0.1, 0.15) is 37.2 Å². The lowest BCUT2D eigenvalue weighted by Gasteiger charge is -2.11. The Labute approximate surface area is 107 Å². The first kappa shape index (κ1) is 11.7. The summed E-state index contributed by atoms with van der Waals surface area (Å²) in [4.78, 5) is 12.2. The van der Waals surface area contributed by atoms with Crippen LogP contribution in [0.3, 0.4) is 0 Å². The molecule has 0 amide bonds. The van der Waals surface area contributed by atoms with E-state index in [9.17, 15) is 4.79 Å². The molecule has 2 heterocycles. The van der Waals surface area contributed by atoms with Crippen molar-refractivity contribution >= 4 is 5.78 Å². The van der Waals surface area contributed by atoms with E-state index in [1.165, 1.54) is 0 Å². The van der Waals surface area contributed by atoms with E-state index < -0.39 is 0 Å². The molecule has 0 saturated carbocycles. The number of para-hydroxylation sites is 1. The number of hydrogen-bond acceptors (Lipinski definition) is 3. The summed E-state index contributed by atoms with van der Waals surface area (Å²) in [5.74, 6) is 1.09. The number of fused-ring (bicyclic) bond motifs is 1. The van der Waals surface area contributed by atoms with Crippen LogP contribution in [0.4, 0.5) is 0 Å². The van der Waals surface area contributed by atoms with E-state index in [4.69, 9.17) is 9.47 Å². The van der Waals surface area contributed by atoms with Gasteiger partial charge in [0.1, 0.15) is 18.1 Å². The highest BCUT2D eigenvalue weighted by Gasteiger charge is 2.30. The zero-order chi connectivity index (χ0) is 12.4. The van der Waals surface area contributed by atoms with E-state index in [1.807, 2.05) is 24.3 Å². The number of ketones is 1. The molecular formula is C15H18O3. The van der Waals surface area contributed by atoms with Crippen molar-refractivity contribution in [2.45, 2.75) is 37.7 Å². The lowest BCUT2D eigenvalue weighted by molar-refractivity contribution is -0.121. The van der Waals surface area contributed by atoms with Gasteiger partial charge in [-0.3, -0.25) is 4.79 Å². The molecular weight excluding hydrogens is 228 g/mol. The van der Waals surface area contributed by atoms with Gasteiger partial charge in [0.25, 0.3) is 0 Å². The van der Waals surface area contributed by atoms with Gasteiger partial charge in [0.15, 0.2) is 0 Å². The first-order valence-electron chi connectivity index (χ1n) is 6.70. The molecule has 1 aromatic carbocycles. The van der Waals surface area contributed by atoms with Crippen molar-refractivity contribution in [3.63, 3.8) is 0 Å². The Kier molecular flexibility index (Phi) is 3.33.